The van der Waals surface area contributed by atoms with Gasteiger partial charge in [-0.15, -0.1) is 0 Å². The van der Waals surface area contributed by atoms with Crippen LogP contribution in [0.25, 0.3) is 0 Å². The number of nitrogens with zero attached hydrogens (tertiary/aromatic N) is 1. The van der Waals surface area contributed by atoms with E-state index in [2.05, 4.69) is 5.32 Å². The lowest BCUT2D eigenvalue weighted by molar-refractivity contribution is 0.0288. The predicted octanol–water partition coefficient (Wildman–Crippen LogP) is -0.209. The van der Waals surface area contributed by atoms with Crippen molar-refractivity contribution in [2.24, 2.45) is 0 Å². The zero-order chi connectivity index (χ0) is 11.4. The van der Waals surface area contributed by atoms with Crippen molar-refractivity contribution in [2.75, 3.05) is 38.5 Å². The number of piperidine rings is 1. The Bertz CT molecular complexity index is 312. The van der Waals surface area contributed by atoms with Gasteiger partial charge in [0.2, 0.25) is 10.0 Å². The second kappa shape index (κ2) is 5.44. The first-order valence-electron chi connectivity index (χ1n) is 5.99. The van der Waals surface area contributed by atoms with Gasteiger partial charge in [0.05, 0.1) is 18.5 Å². The third-order valence-electron chi connectivity index (χ3n) is 3.18. The average Bonchev–Trinajstić information content (AvgIpc) is 2.60. The number of nitrogens with one attached hydrogen (secondary N) is 1. The Morgan fingerprint density at radius 1 is 1.31 bits per heavy atom. The van der Waals surface area contributed by atoms with E-state index >= 15 is 0 Å². The Morgan fingerprint density at radius 2 is 2.06 bits per heavy atom. The van der Waals surface area contributed by atoms with Crippen molar-refractivity contribution >= 4 is 10.0 Å². The SMILES string of the molecule is O=S1(=O)CCCN1CCOC1CCNCC1. The highest BCUT2D eigenvalue weighted by Crippen LogP contribution is 2.13. The van der Waals surface area contributed by atoms with Gasteiger partial charge in [0.25, 0.3) is 0 Å². The third-order valence-corrected chi connectivity index (χ3v) is 5.14. The molecule has 16 heavy (non-hydrogen) atoms. The van der Waals surface area contributed by atoms with Gasteiger partial charge in [0, 0.05) is 13.1 Å². The Morgan fingerprint density at radius 3 is 2.69 bits per heavy atom. The lowest BCUT2D eigenvalue weighted by Gasteiger charge is -2.24. The van der Waals surface area contributed by atoms with Crippen LogP contribution in [0.2, 0.25) is 0 Å². The van der Waals surface area contributed by atoms with Crippen molar-refractivity contribution in [3.63, 3.8) is 0 Å². The van der Waals surface area contributed by atoms with Gasteiger partial charge in [0.15, 0.2) is 0 Å². The minimum Gasteiger partial charge on any atom is -0.377 e. The summed E-state index contributed by atoms with van der Waals surface area (Å²) in [5.74, 6) is 0.306. The van der Waals surface area contributed by atoms with E-state index < -0.39 is 10.0 Å². The molecular weight excluding hydrogens is 228 g/mol. The highest BCUT2D eigenvalue weighted by molar-refractivity contribution is 7.89. The number of hydrogen-bond donors (Lipinski definition) is 1. The molecule has 2 aliphatic heterocycles. The van der Waals surface area contributed by atoms with Gasteiger partial charge < -0.3 is 10.1 Å². The van der Waals surface area contributed by atoms with Crippen LogP contribution in [0, 0.1) is 0 Å². The predicted molar refractivity (Wildman–Crippen MR) is 61.8 cm³/mol. The van der Waals surface area contributed by atoms with Crippen LogP contribution in [0.5, 0.6) is 0 Å². The summed E-state index contributed by atoms with van der Waals surface area (Å²) in [6.07, 6.45) is 3.14. The molecule has 6 heteroatoms. The standard InChI is InChI=1S/C10H20N2O3S/c13-16(14)9-1-6-12(16)7-8-15-10-2-4-11-5-3-10/h10-11H,1-9H2. The summed E-state index contributed by atoms with van der Waals surface area (Å²) in [6, 6.07) is 0. The normalized spacial score (nSPS) is 27.2. The molecule has 1 N–H and O–H groups in total. The van der Waals surface area contributed by atoms with E-state index in [0.717, 1.165) is 32.4 Å². The molecule has 2 aliphatic rings. The second-order valence-corrected chi connectivity index (χ2v) is 6.48. The zero-order valence-electron chi connectivity index (χ0n) is 9.52. The number of hydrogen-bond acceptors (Lipinski definition) is 4. The Kier molecular flexibility index (Phi) is 4.18. The maximum Gasteiger partial charge on any atom is 0.214 e. The molecule has 0 aromatic carbocycles. The monoisotopic (exact) mass is 248 g/mol. The molecule has 0 saturated carbocycles. The molecule has 0 radical (unpaired) electrons. The van der Waals surface area contributed by atoms with Gasteiger partial charge in [-0.25, -0.2) is 8.42 Å². The summed E-state index contributed by atoms with van der Waals surface area (Å²) < 4.78 is 30.3. The summed E-state index contributed by atoms with van der Waals surface area (Å²) in [7, 11) is -2.95. The first-order chi connectivity index (χ1) is 7.68. The van der Waals surface area contributed by atoms with E-state index in [1.165, 1.54) is 0 Å². The van der Waals surface area contributed by atoms with E-state index in [-0.39, 0.29) is 0 Å². The largest absolute Gasteiger partial charge is 0.377 e. The molecule has 5 nitrogen and oxygen atoms in total. The van der Waals surface area contributed by atoms with Crippen LogP contribution in [0.1, 0.15) is 19.3 Å². The molecule has 0 atom stereocenters. The molecule has 94 valence electrons. The molecule has 2 rings (SSSR count). The van der Waals surface area contributed by atoms with Crippen LogP contribution in [0.3, 0.4) is 0 Å². The molecular formula is C10H20N2O3S. The fourth-order valence-electron chi connectivity index (χ4n) is 2.23. The van der Waals surface area contributed by atoms with E-state index in [9.17, 15) is 8.42 Å². The molecule has 2 heterocycles. The van der Waals surface area contributed by atoms with Gasteiger partial charge in [-0.2, -0.15) is 4.31 Å². The van der Waals surface area contributed by atoms with Crippen LogP contribution in [0.4, 0.5) is 0 Å². The van der Waals surface area contributed by atoms with E-state index in [4.69, 9.17) is 4.74 Å². The quantitative estimate of drug-likeness (QED) is 0.748. The number of ether oxygens (including phenoxy) is 1. The molecule has 2 saturated heterocycles. The highest BCUT2D eigenvalue weighted by atomic mass is 32.2. The maximum atomic E-state index is 11.5. The van der Waals surface area contributed by atoms with Crippen molar-refractivity contribution < 1.29 is 13.2 Å². The molecule has 0 bridgehead atoms. The fourth-order valence-corrected chi connectivity index (χ4v) is 3.74. The Balaban J connectivity index is 1.67. The van der Waals surface area contributed by atoms with Crippen molar-refractivity contribution in [3.8, 4) is 0 Å². The second-order valence-electron chi connectivity index (χ2n) is 4.39. The van der Waals surface area contributed by atoms with Crippen molar-refractivity contribution in [2.45, 2.75) is 25.4 Å². The van der Waals surface area contributed by atoms with Gasteiger partial charge in [-0.1, -0.05) is 0 Å². The van der Waals surface area contributed by atoms with Crippen molar-refractivity contribution in [1.29, 1.82) is 0 Å². The molecule has 2 fully saturated rings. The van der Waals surface area contributed by atoms with Crippen molar-refractivity contribution in [1.82, 2.24) is 9.62 Å². The van der Waals surface area contributed by atoms with Crippen LogP contribution in [-0.2, 0) is 14.8 Å². The summed E-state index contributed by atoms with van der Waals surface area (Å²) in [6.45, 7) is 3.73. The minimum absolute atomic E-state index is 0.306. The van der Waals surface area contributed by atoms with Gasteiger partial charge in [-0.05, 0) is 32.4 Å². The summed E-state index contributed by atoms with van der Waals surface area (Å²) in [5, 5.41) is 3.27. The smallest absolute Gasteiger partial charge is 0.214 e. The zero-order valence-corrected chi connectivity index (χ0v) is 10.3. The summed E-state index contributed by atoms with van der Waals surface area (Å²) in [5.41, 5.74) is 0. The van der Waals surface area contributed by atoms with E-state index in [1.54, 1.807) is 4.31 Å². The van der Waals surface area contributed by atoms with Gasteiger partial charge in [-0.3, -0.25) is 0 Å². The number of sulfonamides is 1. The van der Waals surface area contributed by atoms with Crippen LogP contribution in [0.15, 0.2) is 0 Å². The Labute approximate surface area is 97.2 Å². The van der Waals surface area contributed by atoms with Gasteiger partial charge in [0.1, 0.15) is 0 Å². The van der Waals surface area contributed by atoms with Crippen molar-refractivity contribution in [3.05, 3.63) is 0 Å². The molecule has 0 unspecified atom stereocenters. The molecule has 0 aliphatic carbocycles. The third kappa shape index (κ3) is 3.16. The van der Waals surface area contributed by atoms with Crippen LogP contribution in [-0.4, -0.2) is 57.4 Å². The van der Waals surface area contributed by atoms with Gasteiger partial charge >= 0.3 is 0 Å². The fraction of sp³-hybridized carbons (Fsp3) is 1.00. The molecule has 0 amide bonds. The first-order valence-corrected chi connectivity index (χ1v) is 7.59. The maximum absolute atomic E-state index is 11.5. The molecule has 0 aromatic heterocycles. The average molecular weight is 248 g/mol. The topological polar surface area (TPSA) is 58.6 Å². The molecule has 0 spiro atoms. The number of rotatable bonds is 4. The molecule has 0 aromatic rings. The Hall–Kier alpha value is -0.170. The minimum atomic E-state index is -2.95. The van der Waals surface area contributed by atoms with E-state index in [0.29, 0.717) is 31.6 Å². The van der Waals surface area contributed by atoms with Crippen LogP contribution < -0.4 is 5.32 Å². The first kappa shape index (κ1) is 12.3. The van der Waals surface area contributed by atoms with Crippen LogP contribution >= 0.6 is 0 Å². The summed E-state index contributed by atoms with van der Waals surface area (Å²) in [4.78, 5) is 0. The van der Waals surface area contributed by atoms with E-state index in [1.807, 2.05) is 0 Å². The lowest BCUT2D eigenvalue weighted by atomic mass is 10.1. The summed E-state index contributed by atoms with van der Waals surface area (Å²) >= 11 is 0. The lowest BCUT2D eigenvalue weighted by Crippen LogP contribution is -2.35. The highest BCUT2D eigenvalue weighted by Gasteiger charge is 2.27.